The molecule has 1 aromatic carbocycles. The van der Waals surface area contributed by atoms with Crippen molar-refractivity contribution in [2.45, 2.75) is 13.3 Å². The number of ether oxygens (including phenoxy) is 1. The molecule has 0 atom stereocenters. The Labute approximate surface area is 169 Å². The highest BCUT2D eigenvalue weighted by atomic mass is 19.1. The zero-order chi connectivity index (χ0) is 20.6. The second-order valence-corrected chi connectivity index (χ2v) is 6.55. The van der Waals surface area contributed by atoms with Crippen molar-refractivity contribution < 1.29 is 18.3 Å². The van der Waals surface area contributed by atoms with E-state index in [4.69, 9.17) is 9.15 Å². The van der Waals surface area contributed by atoms with Crippen molar-refractivity contribution in [1.29, 1.82) is 0 Å². The predicted octanol–water partition coefficient (Wildman–Crippen LogP) is 2.37. The lowest BCUT2D eigenvalue weighted by molar-refractivity contribution is 0.0914. The van der Waals surface area contributed by atoms with Crippen LogP contribution in [0.5, 0.6) is 0 Å². The average Bonchev–Trinajstić information content (AvgIpc) is 3.21. The summed E-state index contributed by atoms with van der Waals surface area (Å²) in [5.74, 6) is 0.967. The third-order valence-electron chi connectivity index (χ3n) is 4.62. The Kier molecular flexibility index (Phi) is 7.04. The summed E-state index contributed by atoms with van der Waals surface area (Å²) in [6, 6.07) is 6.04. The zero-order valence-corrected chi connectivity index (χ0v) is 16.7. The molecule has 0 unspecified atom stereocenters. The summed E-state index contributed by atoms with van der Waals surface area (Å²) < 4.78 is 23.6. The lowest BCUT2D eigenvalue weighted by Crippen LogP contribution is -2.54. The van der Waals surface area contributed by atoms with Crippen LogP contribution in [0, 0.1) is 5.82 Å². The number of halogens is 1. The molecule has 9 heteroatoms. The maximum absolute atomic E-state index is 13.0. The van der Waals surface area contributed by atoms with Crippen LogP contribution in [0.15, 0.2) is 39.9 Å². The fourth-order valence-electron chi connectivity index (χ4n) is 3.10. The first-order valence-corrected chi connectivity index (χ1v) is 9.68. The van der Waals surface area contributed by atoms with Gasteiger partial charge in [-0.05, 0) is 31.2 Å². The molecule has 1 aliphatic rings. The molecule has 1 saturated heterocycles. The number of aliphatic imine (C=N–C) groups is 1. The average molecular weight is 403 g/mol. The predicted molar refractivity (Wildman–Crippen MR) is 107 cm³/mol. The molecule has 1 fully saturated rings. The number of nitrogens with one attached hydrogen (secondary N) is 1. The van der Waals surface area contributed by atoms with Crippen LogP contribution in [0.3, 0.4) is 0 Å². The highest BCUT2D eigenvalue weighted by Crippen LogP contribution is 2.19. The molecule has 2 aromatic rings. The lowest BCUT2D eigenvalue weighted by Gasteiger charge is -2.35. The Balaban J connectivity index is 1.46. The van der Waals surface area contributed by atoms with Gasteiger partial charge in [0.15, 0.2) is 5.96 Å². The number of benzene rings is 1. The molecule has 3 rings (SSSR count). The number of amides is 1. The van der Waals surface area contributed by atoms with E-state index in [0.717, 1.165) is 17.2 Å². The van der Waals surface area contributed by atoms with Gasteiger partial charge in [-0.25, -0.2) is 14.2 Å². The summed E-state index contributed by atoms with van der Waals surface area (Å²) in [5.41, 5.74) is 1.54. The fourth-order valence-corrected chi connectivity index (χ4v) is 3.10. The van der Waals surface area contributed by atoms with Gasteiger partial charge in [0.25, 0.3) is 0 Å². The molecule has 156 valence electrons. The maximum Gasteiger partial charge on any atom is 0.409 e. The van der Waals surface area contributed by atoms with E-state index in [1.807, 2.05) is 0 Å². The van der Waals surface area contributed by atoms with E-state index < -0.39 is 0 Å². The van der Waals surface area contributed by atoms with Gasteiger partial charge in [0.05, 0.1) is 12.3 Å². The second-order valence-electron chi connectivity index (χ2n) is 6.55. The number of hydrogen-bond donors (Lipinski definition) is 1. The largest absolute Gasteiger partial charge is 0.450 e. The first kappa shape index (κ1) is 20.6. The molecule has 1 aliphatic heterocycles. The minimum atomic E-state index is -0.292. The first-order chi connectivity index (χ1) is 14.1. The van der Waals surface area contributed by atoms with Crippen LogP contribution in [0.4, 0.5) is 9.18 Å². The van der Waals surface area contributed by atoms with Gasteiger partial charge in [0.2, 0.25) is 5.89 Å². The standard InChI is InChI=1S/C20H26FN5O3/c1-3-28-20(27)26-12-10-25(11-13-26)19(22-2)23-9-8-17-14-29-18(24-17)15-4-6-16(21)7-5-15/h4-7,14H,3,8-13H2,1-2H3,(H,22,23). The number of oxazole rings is 1. The summed E-state index contributed by atoms with van der Waals surface area (Å²) in [7, 11) is 1.74. The van der Waals surface area contributed by atoms with Crippen LogP contribution in [-0.4, -0.2) is 73.2 Å². The number of nitrogens with zero attached hydrogens (tertiary/aromatic N) is 4. The van der Waals surface area contributed by atoms with Crippen molar-refractivity contribution in [1.82, 2.24) is 20.1 Å². The number of hydrogen-bond acceptors (Lipinski definition) is 5. The normalized spacial score (nSPS) is 14.8. The van der Waals surface area contributed by atoms with Crippen LogP contribution in [0.2, 0.25) is 0 Å². The number of guanidine groups is 1. The third-order valence-corrected chi connectivity index (χ3v) is 4.62. The van der Waals surface area contributed by atoms with Crippen LogP contribution >= 0.6 is 0 Å². The summed E-state index contributed by atoms with van der Waals surface area (Å²) in [6.07, 6.45) is 2.01. The molecule has 0 saturated carbocycles. The van der Waals surface area contributed by atoms with Crippen LogP contribution < -0.4 is 5.32 Å². The highest BCUT2D eigenvalue weighted by molar-refractivity contribution is 5.80. The van der Waals surface area contributed by atoms with Gasteiger partial charge in [-0.1, -0.05) is 0 Å². The van der Waals surface area contributed by atoms with Gasteiger partial charge in [0.1, 0.15) is 12.1 Å². The highest BCUT2D eigenvalue weighted by Gasteiger charge is 2.23. The van der Waals surface area contributed by atoms with Crippen molar-refractivity contribution in [3.63, 3.8) is 0 Å². The van der Waals surface area contributed by atoms with E-state index in [0.29, 0.717) is 51.6 Å². The Hall–Kier alpha value is -3.10. The SMILES string of the molecule is CCOC(=O)N1CCN(C(=NC)NCCc2coc(-c3ccc(F)cc3)n2)CC1. The van der Waals surface area contributed by atoms with E-state index in [1.54, 1.807) is 37.3 Å². The fraction of sp³-hybridized carbons (Fsp3) is 0.450. The van der Waals surface area contributed by atoms with Crippen LogP contribution in [0.1, 0.15) is 12.6 Å². The molecule has 0 radical (unpaired) electrons. The van der Waals surface area contributed by atoms with Gasteiger partial charge >= 0.3 is 6.09 Å². The minimum absolute atomic E-state index is 0.266. The van der Waals surface area contributed by atoms with E-state index in [9.17, 15) is 9.18 Å². The molecule has 0 spiro atoms. The summed E-state index contributed by atoms with van der Waals surface area (Å²) in [5, 5.41) is 3.32. The minimum Gasteiger partial charge on any atom is -0.450 e. The smallest absolute Gasteiger partial charge is 0.409 e. The maximum atomic E-state index is 13.0. The number of aromatic nitrogens is 1. The van der Waals surface area contributed by atoms with Gasteiger partial charge < -0.3 is 24.3 Å². The first-order valence-electron chi connectivity index (χ1n) is 9.68. The Morgan fingerprint density at radius 2 is 1.93 bits per heavy atom. The molecule has 1 amide bonds. The van der Waals surface area contributed by atoms with E-state index >= 15 is 0 Å². The quantitative estimate of drug-likeness (QED) is 0.610. The molecule has 1 N–H and O–H groups in total. The number of rotatable bonds is 5. The molecule has 2 heterocycles. The van der Waals surface area contributed by atoms with Gasteiger partial charge in [-0.2, -0.15) is 0 Å². The Morgan fingerprint density at radius 1 is 1.24 bits per heavy atom. The number of carbonyl (C=O) groups is 1. The van der Waals surface area contributed by atoms with Crippen molar-refractivity contribution in [2.24, 2.45) is 4.99 Å². The van der Waals surface area contributed by atoms with Crippen molar-refractivity contribution in [3.05, 3.63) is 42.0 Å². The number of piperazine rings is 1. The Bertz CT molecular complexity index is 829. The van der Waals surface area contributed by atoms with Crippen LogP contribution in [-0.2, 0) is 11.2 Å². The molecule has 0 aliphatic carbocycles. The molecular formula is C20H26FN5O3. The van der Waals surface area contributed by atoms with Crippen molar-refractivity contribution >= 4 is 12.1 Å². The topological polar surface area (TPSA) is 83.2 Å². The van der Waals surface area contributed by atoms with Gasteiger partial charge in [0, 0.05) is 51.8 Å². The van der Waals surface area contributed by atoms with Crippen molar-refractivity contribution in [3.8, 4) is 11.5 Å². The third kappa shape index (κ3) is 5.46. The zero-order valence-electron chi connectivity index (χ0n) is 16.7. The van der Waals surface area contributed by atoms with Crippen molar-refractivity contribution in [2.75, 3.05) is 46.4 Å². The summed E-state index contributed by atoms with van der Waals surface area (Å²) >= 11 is 0. The van der Waals surface area contributed by atoms with Gasteiger partial charge in [-0.3, -0.25) is 4.99 Å². The molecular weight excluding hydrogens is 377 g/mol. The Morgan fingerprint density at radius 3 is 2.59 bits per heavy atom. The lowest BCUT2D eigenvalue weighted by atomic mass is 10.2. The monoisotopic (exact) mass is 403 g/mol. The van der Waals surface area contributed by atoms with E-state index in [-0.39, 0.29) is 11.9 Å². The van der Waals surface area contributed by atoms with E-state index in [1.165, 1.54) is 12.1 Å². The summed E-state index contributed by atoms with van der Waals surface area (Å²) in [4.78, 5) is 24.4. The number of carbonyl (C=O) groups excluding carboxylic acids is 1. The molecule has 29 heavy (non-hydrogen) atoms. The van der Waals surface area contributed by atoms with Gasteiger partial charge in [-0.15, -0.1) is 0 Å². The summed E-state index contributed by atoms with van der Waals surface area (Å²) in [6.45, 7) is 5.41. The second kappa shape index (κ2) is 9.90. The van der Waals surface area contributed by atoms with E-state index in [2.05, 4.69) is 20.2 Å². The van der Waals surface area contributed by atoms with Crippen LogP contribution in [0.25, 0.3) is 11.5 Å². The molecule has 0 bridgehead atoms. The molecule has 1 aromatic heterocycles. The molecule has 8 nitrogen and oxygen atoms in total.